The average Bonchev–Trinajstić information content (AvgIpc) is 2.37. The van der Waals surface area contributed by atoms with Gasteiger partial charge < -0.3 is 33.6 Å². The van der Waals surface area contributed by atoms with Crippen molar-refractivity contribution >= 4 is 35.7 Å². The Morgan fingerprint density at radius 3 is 1.75 bits per heavy atom. The van der Waals surface area contributed by atoms with Crippen LogP contribution in [0.15, 0.2) is 0 Å². The van der Waals surface area contributed by atoms with Gasteiger partial charge in [0.15, 0.2) is 0 Å². The van der Waals surface area contributed by atoms with E-state index in [1.165, 1.54) is 0 Å². The van der Waals surface area contributed by atoms with Crippen molar-refractivity contribution in [3.63, 3.8) is 0 Å². The highest BCUT2D eigenvalue weighted by molar-refractivity contribution is 5.36. The van der Waals surface area contributed by atoms with Crippen molar-refractivity contribution in [2.24, 2.45) is 0 Å². The van der Waals surface area contributed by atoms with E-state index in [0.29, 0.717) is 11.9 Å². The minimum absolute atomic E-state index is 0.122. The summed E-state index contributed by atoms with van der Waals surface area (Å²) < 4.78 is 0. The van der Waals surface area contributed by atoms with Crippen molar-refractivity contribution in [1.29, 1.82) is 0 Å². The van der Waals surface area contributed by atoms with Crippen molar-refractivity contribution in [3.8, 4) is 0 Å². The van der Waals surface area contributed by atoms with Crippen molar-refractivity contribution in [2.45, 2.75) is 0 Å². The highest BCUT2D eigenvalue weighted by Crippen LogP contribution is 2.00. The maximum absolute atomic E-state index is 5.31. The van der Waals surface area contributed by atoms with Gasteiger partial charge in [-0.25, -0.2) is 4.98 Å². The van der Waals surface area contributed by atoms with E-state index in [0.717, 1.165) is 0 Å². The lowest BCUT2D eigenvalue weighted by atomic mass is 10.8. The number of hydrogen-bond acceptors (Lipinski definition) is 11. The van der Waals surface area contributed by atoms with Gasteiger partial charge in [-0.15, -0.1) is 0 Å². The molecule has 12 heteroatoms. The smallest absolute Gasteiger partial charge is 0.322 e. The minimum Gasteiger partial charge on any atom is -0.368 e. The van der Waals surface area contributed by atoms with E-state index in [2.05, 4.69) is 40.5 Å². The van der Waals surface area contributed by atoms with Gasteiger partial charge >= 0.3 is 17.8 Å². The summed E-state index contributed by atoms with van der Waals surface area (Å²) in [4.78, 5) is 21.1. The quantitative estimate of drug-likeness (QED) is 0.341. The van der Waals surface area contributed by atoms with Crippen LogP contribution in [-0.2, 0) is 0 Å². The first-order valence-electron chi connectivity index (χ1n) is 5.39. The number of hydrogen-bond donors (Lipinski definition) is 6. The van der Waals surface area contributed by atoms with Crippen LogP contribution >= 0.6 is 0 Å². The van der Waals surface area contributed by atoms with Gasteiger partial charge in [-0.05, 0) is 0 Å². The van der Waals surface area contributed by atoms with Crippen LogP contribution in [0.1, 0.15) is 0 Å². The Balaban J connectivity index is 0.000000200. The summed E-state index contributed by atoms with van der Waals surface area (Å²) in [5.41, 5.74) is 21.1. The fourth-order valence-corrected chi connectivity index (χ4v) is 1.08. The molecule has 2 rings (SSSR count). The number of anilines is 6. The molecule has 0 atom stereocenters. The van der Waals surface area contributed by atoms with Gasteiger partial charge in [0, 0.05) is 14.1 Å². The number of nitrogens with zero attached hydrogens (tertiary/aromatic N) is 5. The van der Waals surface area contributed by atoms with Crippen LogP contribution in [0.5, 0.6) is 0 Å². The van der Waals surface area contributed by atoms with Crippen LogP contribution < -0.4 is 38.6 Å². The number of nitrogen functional groups attached to an aromatic ring is 4. The summed E-state index contributed by atoms with van der Waals surface area (Å²) in [6.07, 6.45) is 0. The van der Waals surface area contributed by atoms with E-state index in [1.807, 2.05) is 0 Å². The first kappa shape index (κ1) is 14.9. The Bertz CT molecular complexity index is 477. The summed E-state index contributed by atoms with van der Waals surface area (Å²) >= 11 is 0. The molecule has 2 aromatic rings. The van der Waals surface area contributed by atoms with E-state index in [1.54, 1.807) is 14.1 Å². The number of H-pyrrole nitrogens is 1. The van der Waals surface area contributed by atoms with Gasteiger partial charge in [0.05, 0.1) is 0 Å². The molecule has 0 spiro atoms. The molecule has 0 fully saturated rings. The molecule has 0 unspecified atom stereocenters. The van der Waals surface area contributed by atoms with Gasteiger partial charge in [-0.3, -0.25) is 0 Å². The SMILES string of the molecule is CNc1nc(N)nc(N)[nH+]1.CNc1nc(N)nc(N)n1. The second-order valence-corrected chi connectivity index (χ2v) is 3.32. The van der Waals surface area contributed by atoms with E-state index in [9.17, 15) is 0 Å². The third-order valence-corrected chi connectivity index (χ3v) is 1.84. The normalized spacial score (nSPS) is 9.30. The maximum atomic E-state index is 5.31. The maximum Gasteiger partial charge on any atom is 0.322 e. The molecule has 0 aliphatic heterocycles. The number of aromatic nitrogens is 6. The van der Waals surface area contributed by atoms with Crippen LogP contribution in [0.25, 0.3) is 0 Å². The molecule has 0 aliphatic carbocycles. The fraction of sp³-hybridized carbons (Fsp3) is 0.250. The number of aromatic amines is 1. The van der Waals surface area contributed by atoms with Crippen molar-refractivity contribution in [1.82, 2.24) is 24.9 Å². The Morgan fingerprint density at radius 1 is 0.750 bits per heavy atom. The van der Waals surface area contributed by atoms with Crippen molar-refractivity contribution in [3.05, 3.63) is 0 Å². The summed E-state index contributed by atoms with van der Waals surface area (Å²) in [6, 6.07) is 0. The zero-order chi connectivity index (χ0) is 15.1. The lowest BCUT2D eigenvalue weighted by Gasteiger charge is -1.98. The van der Waals surface area contributed by atoms with Crippen molar-refractivity contribution in [2.75, 3.05) is 47.7 Å². The Hall–Kier alpha value is -3.18. The van der Waals surface area contributed by atoms with Gasteiger partial charge in [0.25, 0.3) is 0 Å². The Labute approximate surface area is 114 Å². The summed E-state index contributed by atoms with van der Waals surface area (Å²) in [6.45, 7) is 0. The molecule has 12 nitrogen and oxygen atoms in total. The monoisotopic (exact) mass is 281 g/mol. The number of nitrogens with two attached hydrogens (primary N) is 4. The van der Waals surface area contributed by atoms with Gasteiger partial charge in [0.1, 0.15) is 0 Å². The standard InChI is InChI=1S/2C4H8N6/c2*1-7-4-9-2(5)8-3(6)10-4/h2*1H3,(H5,5,6,7,8,9,10)/p+1. The summed E-state index contributed by atoms with van der Waals surface area (Å²) in [7, 11) is 3.38. The lowest BCUT2D eigenvalue weighted by molar-refractivity contribution is -0.351. The van der Waals surface area contributed by atoms with Crippen LogP contribution in [0, 0.1) is 0 Å². The summed E-state index contributed by atoms with van der Waals surface area (Å²) in [5.74, 6) is 1.53. The van der Waals surface area contributed by atoms with Gasteiger partial charge in [0.2, 0.25) is 17.8 Å². The van der Waals surface area contributed by atoms with E-state index in [4.69, 9.17) is 22.9 Å². The second kappa shape index (κ2) is 6.67. The third kappa shape index (κ3) is 4.59. The number of rotatable bonds is 2. The predicted molar refractivity (Wildman–Crippen MR) is 75.2 cm³/mol. The molecule has 0 saturated heterocycles. The first-order chi connectivity index (χ1) is 9.44. The molecule has 20 heavy (non-hydrogen) atoms. The first-order valence-corrected chi connectivity index (χ1v) is 5.39. The highest BCUT2D eigenvalue weighted by Gasteiger charge is 2.03. The molecule has 0 amide bonds. The molecule has 11 N–H and O–H groups in total. The Morgan fingerprint density at radius 2 is 1.30 bits per heavy atom. The second-order valence-electron chi connectivity index (χ2n) is 3.32. The van der Waals surface area contributed by atoms with Crippen LogP contribution in [-0.4, -0.2) is 39.0 Å². The van der Waals surface area contributed by atoms with E-state index >= 15 is 0 Å². The molecule has 0 radical (unpaired) electrons. The van der Waals surface area contributed by atoms with Gasteiger partial charge in [-0.2, -0.15) is 15.0 Å². The predicted octanol–water partition coefficient (Wildman–Crippen LogP) is -2.43. The molecule has 2 aromatic heterocycles. The lowest BCUT2D eigenvalue weighted by Crippen LogP contribution is -2.20. The van der Waals surface area contributed by atoms with Crippen LogP contribution in [0.2, 0.25) is 0 Å². The molecular weight excluding hydrogens is 264 g/mol. The number of nitrogens with one attached hydrogen (secondary N) is 3. The van der Waals surface area contributed by atoms with Crippen molar-refractivity contribution < 1.29 is 4.98 Å². The largest absolute Gasteiger partial charge is 0.368 e. The molecule has 2 heterocycles. The zero-order valence-electron chi connectivity index (χ0n) is 11.0. The van der Waals surface area contributed by atoms with E-state index < -0.39 is 0 Å². The fourth-order valence-electron chi connectivity index (χ4n) is 1.08. The molecule has 0 bridgehead atoms. The van der Waals surface area contributed by atoms with Crippen LogP contribution in [0.4, 0.5) is 35.7 Å². The average molecular weight is 281 g/mol. The van der Waals surface area contributed by atoms with Crippen LogP contribution in [0.3, 0.4) is 0 Å². The molecule has 108 valence electrons. The molecule has 0 aliphatic rings. The molecular formula is C8H17N12+. The highest BCUT2D eigenvalue weighted by atomic mass is 15.2. The molecule has 0 saturated carbocycles. The Kier molecular flexibility index (Phi) is 4.96. The zero-order valence-corrected chi connectivity index (χ0v) is 11.0. The third-order valence-electron chi connectivity index (χ3n) is 1.84. The van der Waals surface area contributed by atoms with Gasteiger partial charge in [-0.1, -0.05) is 9.97 Å². The summed E-state index contributed by atoms with van der Waals surface area (Å²) in [5, 5.41) is 5.43. The van der Waals surface area contributed by atoms with E-state index in [-0.39, 0.29) is 23.8 Å². The molecule has 0 aromatic carbocycles. The minimum atomic E-state index is 0.122. The topological polar surface area (TPSA) is 207 Å².